The Bertz CT molecular complexity index is 3180. The molecule has 3 heterocycles. The van der Waals surface area contributed by atoms with Crippen molar-refractivity contribution in [3.05, 3.63) is 182 Å². The predicted molar refractivity (Wildman–Crippen MR) is 217 cm³/mol. The van der Waals surface area contributed by atoms with Gasteiger partial charge in [0, 0.05) is 49.4 Å². The first kappa shape index (κ1) is 28.8. The highest BCUT2D eigenvalue weighted by Gasteiger charge is 2.18. The minimum atomic E-state index is 0.259. The van der Waals surface area contributed by atoms with Gasteiger partial charge in [0.25, 0.3) is 0 Å². The summed E-state index contributed by atoms with van der Waals surface area (Å²) in [4.78, 5) is 0. The molecule has 0 fully saturated rings. The van der Waals surface area contributed by atoms with E-state index in [1.807, 2.05) is 12.1 Å². The van der Waals surface area contributed by atoms with E-state index in [9.17, 15) is 5.11 Å². The van der Waals surface area contributed by atoms with Crippen molar-refractivity contribution in [1.29, 1.82) is 0 Å². The summed E-state index contributed by atoms with van der Waals surface area (Å²) in [6.07, 6.45) is 0. The minimum absolute atomic E-state index is 0.259. The molecule has 0 aliphatic heterocycles. The molecule has 0 saturated carbocycles. The molecule has 244 valence electrons. The van der Waals surface area contributed by atoms with Crippen LogP contribution in [0.2, 0.25) is 0 Å². The van der Waals surface area contributed by atoms with Gasteiger partial charge in [-0.2, -0.15) is 0 Å². The second-order valence-electron chi connectivity index (χ2n) is 13.6. The van der Waals surface area contributed by atoms with E-state index < -0.39 is 0 Å². The van der Waals surface area contributed by atoms with Crippen molar-refractivity contribution in [2.45, 2.75) is 0 Å². The normalized spacial score (nSPS) is 11.9. The van der Waals surface area contributed by atoms with E-state index in [-0.39, 0.29) is 5.75 Å². The van der Waals surface area contributed by atoms with Crippen molar-refractivity contribution in [1.82, 2.24) is 13.7 Å². The number of nitrogens with zero attached hydrogens (tertiary/aromatic N) is 3. The first-order valence-corrected chi connectivity index (χ1v) is 17.7. The molecule has 0 bridgehead atoms. The number of phenolic OH excluding ortho intramolecular Hbond substituents is 1. The molecule has 0 amide bonds. The van der Waals surface area contributed by atoms with E-state index in [0.29, 0.717) is 0 Å². The number of rotatable bonds is 4. The number of phenols is 1. The van der Waals surface area contributed by atoms with Crippen LogP contribution in [0.15, 0.2) is 182 Å². The molecule has 1 N–H and O–H groups in total. The zero-order valence-corrected chi connectivity index (χ0v) is 28.1. The molecule has 0 aliphatic rings. The van der Waals surface area contributed by atoms with Crippen LogP contribution in [-0.4, -0.2) is 18.8 Å². The summed E-state index contributed by atoms with van der Waals surface area (Å²) >= 11 is 0. The highest BCUT2D eigenvalue weighted by Crippen LogP contribution is 2.40. The average Bonchev–Trinajstić information content (AvgIpc) is 3.83. The van der Waals surface area contributed by atoms with Crippen molar-refractivity contribution < 1.29 is 5.11 Å². The minimum Gasteiger partial charge on any atom is -0.508 e. The van der Waals surface area contributed by atoms with Crippen LogP contribution in [0.5, 0.6) is 5.75 Å². The van der Waals surface area contributed by atoms with Crippen molar-refractivity contribution >= 4 is 65.4 Å². The predicted octanol–water partition coefficient (Wildman–Crippen LogP) is 12.4. The van der Waals surface area contributed by atoms with Crippen molar-refractivity contribution in [2.75, 3.05) is 0 Å². The summed E-state index contributed by atoms with van der Waals surface area (Å²) in [7, 11) is 0. The fraction of sp³-hybridized carbons (Fsp3) is 0. The van der Waals surface area contributed by atoms with Gasteiger partial charge in [-0.25, -0.2) is 0 Å². The van der Waals surface area contributed by atoms with Crippen molar-refractivity contribution in [3.8, 4) is 33.9 Å². The number of aromatic nitrogens is 3. The summed E-state index contributed by atoms with van der Waals surface area (Å²) in [5.74, 6) is 0.259. The third kappa shape index (κ3) is 4.15. The first-order valence-electron chi connectivity index (χ1n) is 17.7. The number of aromatic hydroxyl groups is 1. The highest BCUT2D eigenvalue weighted by molar-refractivity contribution is 6.14. The Morgan fingerprint density at radius 1 is 0.269 bits per heavy atom. The number of benzene rings is 8. The van der Waals surface area contributed by atoms with Crippen molar-refractivity contribution in [2.24, 2.45) is 0 Å². The second kappa shape index (κ2) is 11.0. The molecule has 0 saturated heterocycles. The van der Waals surface area contributed by atoms with Gasteiger partial charge in [-0.05, 0) is 96.1 Å². The van der Waals surface area contributed by atoms with Crippen LogP contribution in [-0.2, 0) is 0 Å². The molecule has 4 heteroatoms. The van der Waals surface area contributed by atoms with E-state index in [2.05, 4.69) is 171 Å². The zero-order chi connectivity index (χ0) is 34.3. The van der Waals surface area contributed by atoms with Gasteiger partial charge in [0.1, 0.15) is 5.75 Å². The topological polar surface area (TPSA) is 35.0 Å². The average molecular weight is 666 g/mol. The molecule has 52 heavy (non-hydrogen) atoms. The number of para-hydroxylation sites is 4. The van der Waals surface area contributed by atoms with Crippen LogP contribution in [0.25, 0.3) is 93.6 Å². The second-order valence-corrected chi connectivity index (χ2v) is 13.6. The quantitative estimate of drug-likeness (QED) is 0.199. The number of hydrogen-bond donors (Lipinski definition) is 1. The third-order valence-corrected chi connectivity index (χ3v) is 10.7. The van der Waals surface area contributed by atoms with Crippen LogP contribution in [0.4, 0.5) is 0 Å². The third-order valence-electron chi connectivity index (χ3n) is 10.7. The Morgan fingerprint density at radius 2 is 0.673 bits per heavy atom. The van der Waals surface area contributed by atoms with Gasteiger partial charge in [0.2, 0.25) is 0 Å². The molecule has 0 atom stereocenters. The monoisotopic (exact) mass is 665 g/mol. The largest absolute Gasteiger partial charge is 0.508 e. The highest BCUT2D eigenvalue weighted by atomic mass is 16.3. The molecular weight excluding hydrogens is 635 g/mol. The summed E-state index contributed by atoms with van der Waals surface area (Å²) < 4.78 is 7.09. The molecule has 3 aromatic heterocycles. The van der Waals surface area contributed by atoms with E-state index in [1.165, 1.54) is 54.4 Å². The van der Waals surface area contributed by atoms with Gasteiger partial charge in [0.15, 0.2) is 0 Å². The van der Waals surface area contributed by atoms with Crippen LogP contribution in [0.1, 0.15) is 0 Å². The molecule has 0 spiro atoms. The number of hydrogen-bond acceptors (Lipinski definition) is 1. The molecule has 8 aromatic carbocycles. The molecule has 0 aliphatic carbocycles. The van der Waals surface area contributed by atoms with E-state index in [4.69, 9.17) is 0 Å². The lowest BCUT2D eigenvalue weighted by Gasteiger charge is -2.11. The van der Waals surface area contributed by atoms with Crippen LogP contribution in [0, 0.1) is 0 Å². The number of fused-ring (bicyclic) bond motifs is 9. The lowest BCUT2D eigenvalue weighted by Crippen LogP contribution is -1.96. The lowest BCUT2D eigenvalue weighted by molar-refractivity contribution is 0.475. The maximum atomic E-state index is 10.1. The Labute approximate surface area is 299 Å². The summed E-state index contributed by atoms with van der Waals surface area (Å²) in [6.45, 7) is 0. The summed E-state index contributed by atoms with van der Waals surface area (Å²) in [6, 6.07) is 64.6. The Hall–Kier alpha value is -7.04. The maximum Gasteiger partial charge on any atom is 0.115 e. The van der Waals surface area contributed by atoms with E-state index >= 15 is 0 Å². The molecular formula is C48H31N3O. The van der Waals surface area contributed by atoms with Gasteiger partial charge in [-0.15, -0.1) is 0 Å². The molecule has 11 aromatic rings. The molecule has 11 rings (SSSR count). The SMILES string of the molecule is Oc1ccc(-n2c3ccccc3c3ccc(-c4ccc5c6ccccc6n(-c6ccc7c(c6)c6ccccc6n7-c6ccccc6)c5c4)cc32)cc1. The fourth-order valence-electron chi connectivity index (χ4n) is 8.41. The van der Waals surface area contributed by atoms with Crippen LogP contribution in [0.3, 0.4) is 0 Å². The van der Waals surface area contributed by atoms with E-state index in [1.54, 1.807) is 12.1 Å². The Morgan fingerprint density at radius 3 is 1.25 bits per heavy atom. The van der Waals surface area contributed by atoms with Gasteiger partial charge in [-0.3, -0.25) is 0 Å². The standard InChI is InChI=1S/C48H31N3O/c52-36-23-20-34(21-24-36)50-43-15-7-4-12-37(43)40-25-18-31(28-47(40)50)32-19-26-41-38-13-5-8-16-44(38)51(48(41)29-32)35-22-27-46-42(30-35)39-14-6-9-17-45(39)49(46)33-10-2-1-3-11-33/h1-30,52H. The maximum absolute atomic E-state index is 10.1. The van der Waals surface area contributed by atoms with Crippen molar-refractivity contribution in [3.63, 3.8) is 0 Å². The Kier molecular flexibility index (Phi) is 6.07. The van der Waals surface area contributed by atoms with Crippen LogP contribution < -0.4 is 0 Å². The molecule has 0 unspecified atom stereocenters. The molecule has 4 nitrogen and oxygen atoms in total. The van der Waals surface area contributed by atoms with Gasteiger partial charge >= 0.3 is 0 Å². The van der Waals surface area contributed by atoms with Crippen LogP contribution >= 0.6 is 0 Å². The fourth-order valence-corrected chi connectivity index (χ4v) is 8.41. The van der Waals surface area contributed by atoms with Gasteiger partial charge < -0.3 is 18.8 Å². The summed E-state index contributed by atoms with van der Waals surface area (Å²) in [5, 5.41) is 17.4. The smallest absolute Gasteiger partial charge is 0.115 e. The van der Waals surface area contributed by atoms with Gasteiger partial charge in [0.05, 0.1) is 33.1 Å². The summed E-state index contributed by atoms with van der Waals surface area (Å²) in [5.41, 5.74) is 12.6. The van der Waals surface area contributed by atoms with E-state index in [0.717, 1.165) is 39.2 Å². The zero-order valence-electron chi connectivity index (χ0n) is 28.1. The first-order chi connectivity index (χ1) is 25.7. The van der Waals surface area contributed by atoms with Gasteiger partial charge in [-0.1, -0.05) is 97.1 Å². The molecule has 0 radical (unpaired) electrons. The Balaban J connectivity index is 1.14. The lowest BCUT2D eigenvalue weighted by atomic mass is 10.0.